The van der Waals surface area contributed by atoms with Crippen LogP contribution in [0.1, 0.15) is 20.3 Å². The standard InChI is InChI=1S/C13H20FNO4/c1-11(2)6-12(15-3,9(16)18-4)8-7(11)13(8,14)10(17)19-5/h7-8,15H,6H2,1-5H3. The van der Waals surface area contributed by atoms with Crippen LogP contribution in [-0.2, 0) is 19.1 Å². The molecule has 0 spiro atoms. The van der Waals surface area contributed by atoms with Gasteiger partial charge >= 0.3 is 11.9 Å². The fraction of sp³-hybridized carbons (Fsp3) is 0.846. The van der Waals surface area contributed by atoms with Gasteiger partial charge in [-0.1, -0.05) is 13.8 Å². The smallest absolute Gasteiger partial charge is 0.344 e. The third-order valence-corrected chi connectivity index (χ3v) is 4.73. The first-order valence-electron chi connectivity index (χ1n) is 6.27. The Balaban J connectivity index is 2.46. The van der Waals surface area contributed by atoms with Gasteiger partial charge in [0.2, 0.25) is 5.67 Å². The van der Waals surface area contributed by atoms with E-state index in [1.807, 2.05) is 13.8 Å². The normalized spacial score (nSPS) is 42.4. The van der Waals surface area contributed by atoms with E-state index in [4.69, 9.17) is 4.74 Å². The van der Waals surface area contributed by atoms with Crippen LogP contribution in [-0.4, -0.2) is 44.4 Å². The van der Waals surface area contributed by atoms with Crippen LogP contribution in [0.2, 0.25) is 0 Å². The average molecular weight is 273 g/mol. The molecule has 0 amide bonds. The van der Waals surface area contributed by atoms with E-state index in [9.17, 15) is 14.0 Å². The molecule has 0 aliphatic heterocycles. The van der Waals surface area contributed by atoms with E-state index in [1.165, 1.54) is 7.11 Å². The highest BCUT2D eigenvalue weighted by Crippen LogP contribution is 2.74. The molecular weight excluding hydrogens is 253 g/mol. The van der Waals surface area contributed by atoms with Gasteiger partial charge in [-0.25, -0.2) is 9.18 Å². The molecular formula is C13H20FNO4. The summed E-state index contributed by atoms with van der Waals surface area (Å²) in [6.45, 7) is 3.72. The number of hydrogen-bond acceptors (Lipinski definition) is 5. The molecule has 2 aliphatic carbocycles. The lowest BCUT2D eigenvalue weighted by atomic mass is 9.78. The first-order valence-corrected chi connectivity index (χ1v) is 6.27. The molecule has 4 unspecified atom stereocenters. The lowest BCUT2D eigenvalue weighted by molar-refractivity contribution is -0.156. The second kappa shape index (κ2) is 3.91. The molecule has 0 saturated heterocycles. The summed E-state index contributed by atoms with van der Waals surface area (Å²) >= 11 is 0. The summed E-state index contributed by atoms with van der Waals surface area (Å²) in [6, 6.07) is 0. The Morgan fingerprint density at radius 2 is 1.68 bits per heavy atom. The van der Waals surface area contributed by atoms with Gasteiger partial charge in [0.15, 0.2) is 0 Å². The maximum absolute atomic E-state index is 15.0. The molecule has 2 saturated carbocycles. The minimum atomic E-state index is -2.10. The van der Waals surface area contributed by atoms with Crippen LogP contribution < -0.4 is 5.32 Å². The van der Waals surface area contributed by atoms with Gasteiger partial charge in [0.25, 0.3) is 0 Å². The molecule has 1 N–H and O–H groups in total. The summed E-state index contributed by atoms with van der Waals surface area (Å²) < 4.78 is 24.3. The van der Waals surface area contributed by atoms with Gasteiger partial charge in [-0.05, 0) is 18.9 Å². The maximum Gasteiger partial charge on any atom is 0.344 e. The van der Waals surface area contributed by atoms with Crippen LogP contribution in [0, 0.1) is 17.3 Å². The number of halogens is 1. The van der Waals surface area contributed by atoms with Crippen molar-refractivity contribution < 1.29 is 23.5 Å². The van der Waals surface area contributed by atoms with E-state index in [-0.39, 0.29) is 0 Å². The van der Waals surface area contributed by atoms with Gasteiger partial charge in [-0.2, -0.15) is 0 Å². The molecule has 0 aromatic rings. The van der Waals surface area contributed by atoms with E-state index >= 15 is 0 Å². The highest BCUT2D eigenvalue weighted by Gasteiger charge is 2.87. The fourth-order valence-corrected chi connectivity index (χ4v) is 4.10. The van der Waals surface area contributed by atoms with Gasteiger partial charge in [-0.3, -0.25) is 4.79 Å². The van der Waals surface area contributed by atoms with E-state index in [2.05, 4.69) is 10.1 Å². The van der Waals surface area contributed by atoms with Crippen LogP contribution in [0.4, 0.5) is 4.39 Å². The van der Waals surface area contributed by atoms with Gasteiger partial charge in [0, 0.05) is 11.8 Å². The first kappa shape index (κ1) is 14.2. The molecule has 4 atom stereocenters. The lowest BCUT2D eigenvalue weighted by Gasteiger charge is -2.34. The number of likely N-dealkylation sites (N-methyl/N-ethyl adjacent to an activating group) is 1. The number of ether oxygens (including phenoxy) is 2. The topological polar surface area (TPSA) is 64.6 Å². The number of fused-ring (bicyclic) bond motifs is 1. The number of carbonyl (C=O) groups excluding carboxylic acids is 2. The van der Waals surface area contributed by atoms with Gasteiger partial charge in [0.05, 0.1) is 14.2 Å². The second-order valence-electron chi connectivity index (χ2n) is 6.09. The molecule has 0 heterocycles. The maximum atomic E-state index is 15.0. The predicted octanol–water partition coefficient (Wildman–Crippen LogP) is 0.675. The van der Waals surface area contributed by atoms with Crippen molar-refractivity contribution in [3.8, 4) is 0 Å². The largest absolute Gasteiger partial charge is 0.468 e. The van der Waals surface area contributed by atoms with Gasteiger partial charge in [0.1, 0.15) is 5.54 Å². The quantitative estimate of drug-likeness (QED) is 0.766. The number of carbonyl (C=O) groups is 2. The number of alkyl halides is 1. The zero-order valence-electron chi connectivity index (χ0n) is 11.9. The molecule has 19 heavy (non-hydrogen) atoms. The molecule has 5 nitrogen and oxygen atoms in total. The summed E-state index contributed by atoms with van der Waals surface area (Å²) in [5.41, 5.74) is -3.75. The van der Waals surface area contributed by atoms with Crippen molar-refractivity contribution >= 4 is 11.9 Å². The van der Waals surface area contributed by atoms with E-state index < -0.39 is 40.4 Å². The van der Waals surface area contributed by atoms with Crippen molar-refractivity contribution in [2.75, 3.05) is 21.3 Å². The number of nitrogens with one attached hydrogen (secondary N) is 1. The first-order chi connectivity index (χ1) is 8.72. The van der Waals surface area contributed by atoms with Crippen molar-refractivity contribution in [1.29, 1.82) is 0 Å². The highest BCUT2D eigenvalue weighted by molar-refractivity contribution is 5.92. The SMILES string of the molecule is CNC1(C(=O)OC)CC(C)(C)C2C1C2(F)C(=O)OC. The van der Waals surface area contributed by atoms with Gasteiger partial charge < -0.3 is 14.8 Å². The summed E-state index contributed by atoms with van der Waals surface area (Å²) in [5, 5.41) is 2.89. The zero-order valence-corrected chi connectivity index (χ0v) is 11.9. The Labute approximate surface area is 111 Å². The number of hydrogen-bond donors (Lipinski definition) is 1. The number of methoxy groups -OCH3 is 2. The highest BCUT2D eigenvalue weighted by atomic mass is 19.1. The van der Waals surface area contributed by atoms with E-state index in [0.717, 1.165) is 7.11 Å². The summed E-state index contributed by atoms with van der Waals surface area (Å²) in [7, 11) is 4.01. The van der Waals surface area contributed by atoms with Crippen LogP contribution in [0.25, 0.3) is 0 Å². The monoisotopic (exact) mass is 273 g/mol. The van der Waals surface area contributed by atoms with Crippen molar-refractivity contribution in [1.82, 2.24) is 5.32 Å². The van der Waals surface area contributed by atoms with Crippen LogP contribution in [0.15, 0.2) is 0 Å². The third kappa shape index (κ3) is 1.49. The molecule has 2 fully saturated rings. The lowest BCUT2D eigenvalue weighted by Crippen LogP contribution is -2.56. The molecule has 0 aromatic carbocycles. The molecule has 0 aromatic heterocycles. The number of esters is 2. The second-order valence-corrected chi connectivity index (χ2v) is 6.09. The zero-order chi connectivity index (χ0) is 14.6. The molecule has 6 heteroatoms. The Bertz CT molecular complexity index is 438. The Morgan fingerprint density at radius 3 is 2.11 bits per heavy atom. The van der Waals surface area contributed by atoms with E-state index in [0.29, 0.717) is 6.42 Å². The molecule has 0 bridgehead atoms. The molecule has 108 valence electrons. The van der Waals surface area contributed by atoms with Crippen molar-refractivity contribution in [3.63, 3.8) is 0 Å². The van der Waals surface area contributed by atoms with Crippen molar-refractivity contribution in [3.05, 3.63) is 0 Å². The summed E-state index contributed by atoms with van der Waals surface area (Å²) in [6.07, 6.45) is 0.432. The summed E-state index contributed by atoms with van der Waals surface area (Å²) in [4.78, 5) is 23.8. The molecule has 0 radical (unpaired) electrons. The van der Waals surface area contributed by atoms with E-state index in [1.54, 1.807) is 7.05 Å². The predicted molar refractivity (Wildman–Crippen MR) is 65.0 cm³/mol. The van der Waals surface area contributed by atoms with Gasteiger partial charge in [-0.15, -0.1) is 0 Å². The van der Waals surface area contributed by atoms with Crippen LogP contribution >= 0.6 is 0 Å². The summed E-state index contributed by atoms with van der Waals surface area (Å²) in [5.74, 6) is -2.70. The Morgan fingerprint density at radius 1 is 1.16 bits per heavy atom. The minimum Gasteiger partial charge on any atom is -0.468 e. The molecule has 2 aliphatic rings. The minimum absolute atomic E-state index is 0.432. The number of rotatable bonds is 3. The van der Waals surface area contributed by atoms with Crippen LogP contribution in [0.3, 0.4) is 0 Å². The third-order valence-electron chi connectivity index (χ3n) is 4.73. The average Bonchev–Trinajstić information content (AvgIpc) is 2.94. The Hall–Kier alpha value is -1.17. The Kier molecular flexibility index (Phi) is 2.93. The van der Waals surface area contributed by atoms with Crippen molar-refractivity contribution in [2.45, 2.75) is 31.5 Å². The van der Waals surface area contributed by atoms with Crippen molar-refractivity contribution in [2.24, 2.45) is 17.3 Å². The fourth-order valence-electron chi connectivity index (χ4n) is 4.10. The van der Waals surface area contributed by atoms with Crippen LogP contribution in [0.5, 0.6) is 0 Å². The molecule has 2 rings (SSSR count).